The van der Waals surface area contributed by atoms with Crippen LogP contribution in [-0.4, -0.2) is 35.1 Å². The van der Waals surface area contributed by atoms with Crippen LogP contribution in [0.3, 0.4) is 0 Å². The Balaban J connectivity index is 1.62. The lowest BCUT2D eigenvalue weighted by molar-refractivity contribution is -0.180. The van der Waals surface area contributed by atoms with Gasteiger partial charge in [0.15, 0.2) is 0 Å². The molecule has 4 saturated carbocycles. The van der Waals surface area contributed by atoms with Gasteiger partial charge in [0.1, 0.15) is 0 Å². The molecule has 0 radical (unpaired) electrons. The lowest BCUT2D eigenvalue weighted by Crippen LogP contribution is -2.58. The summed E-state index contributed by atoms with van der Waals surface area (Å²) in [7, 11) is 0. The Morgan fingerprint density at radius 2 is 1.75 bits per heavy atom. The van der Waals surface area contributed by atoms with Gasteiger partial charge in [-0.1, -0.05) is 13.8 Å². The van der Waals surface area contributed by atoms with E-state index in [1.165, 1.54) is 38.5 Å². The summed E-state index contributed by atoms with van der Waals surface area (Å²) in [5.41, 5.74) is 0.125. The molecule has 1 unspecified atom stereocenters. The van der Waals surface area contributed by atoms with Crippen molar-refractivity contribution in [1.82, 2.24) is 0 Å². The Morgan fingerprint density at radius 1 is 0.964 bits per heavy atom. The van der Waals surface area contributed by atoms with Gasteiger partial charge >= 0.3 is 0 Å². The summed E-state index contributed by atoms with van der Waals surface area (Å²) in [5, 5.41) is 21.5. The summed E-state index contributed by atoms with van der Waals surface area (Å²) in [4.78, 5) is 0. The summed E-state index contributed by atoms with van der Waals surface area (Å²) in [6.07, 6.45) is 11.5. The summed E-state index contributed by atoms with van der Waals surface area (Å²) < 4.78 is 6.14. The fourth-order valence-electron chi connectivity index (χ4n) is 8.76. The average Bonchev–Trinajstić information content (AvgIpc) is 3.02. The van der Waals surface area contributed by atoms with E-state index in [-0.39, 0.29) is 11.5 Å². The van der Waals surface area contributed by atoms with E-state index in [1.54, 1.807) is 0 Å². The number of hydrogen-bond donors (Lipinski definition) is 2. The zero-order valence-corrected chi connectivity index (χ0v) is 18.8. The Labute approximate surface area is 172 Å². The first-order valence-electron chi connectivity index (χ1n) is 12.3. The second kappa shape index (κ2) is 7.54. The zero-order valence-electron chi connectivity index (χ0n) is 18.8. The third kappa shape index (κ3) is 3.19. The standard InChI is InChI=1S/C25H44O3/c1-5-22(26)21-10-9-19-18-8-7-17-15-23(3,27)13-14-25(17,16-28-6-2)20(18)11-12-24(19,21)4/h17-22,26-27H,5-16H2,1-4H3/t17-,18+,19+,20+,21-,22?,23-,24+,25-/m1/s1. The highest BCUT2D eigenvalue weighted by molar-refractivity contribution is 5.12. The van der Waals surface area contributed by atoms with E-state index in [2.05, 4.69) is 27.7 Å². The third-order valence-corrected chi connectivity index (χ3v) is 10.2. The zero-order chi connectivity index (χ0) is 20.2. The van der Waals surface area contributed by atoms with Crippen LogP contribution in [0.4, 0.5) is 0 Å². The first-order valence-corrected chi connectivity index (χ1v) is 12.3. The largest absolute Gasteiger partial charge is 0.393 e. The number of aliphatic hydroxyl groups excluding tert-OH is 1. The van der Waals surface area contributed by atoms with Crippen LogP contribution < -0.4 is 0 Å². The number of hydrogen-bond acceptors (Lipinski definition) is 3. The molecule has 3 heteroatoms. The highest BCUT2D eigenvalue weighted by Gasteiger charge is 2.62. The Morgan fingerprint density at radius 3 is 2.46 bits per heavy atom. The molecule has 4 aliphatic carbocycles. The Hall–Kier alpha value is -0.120. The molecule has 0 aromatic rings. The van der Waals surface area contributed by atoms with Crippen molar-refractivity contribution in [3.05, 3.63) is 0 Å². The van der Waals surface area contributed by atoms with Crippen molar-refractivity contribution in [3.63, 3.8) is 0 Å². The van der Waals surface area contributed by atoms with Crippen LogP contribution in [0.1, 0.15) is 91.9 Å². The molecule has 0 aliphatic heterocycles. The lowest BCUT2D eigenvalue weighted by Gasteiger charge is -2.63. The maximum atomic E-state index is 10.8. The van der Waals surface area contributed by atoms with Crippen LogP contribution in [0.5, 0.6) is 0 Å². The molecular weight excluding hydrogens is 348 g/mol. The molecule has 0 aromatic heterocycles. The quantitative estimate of drug-likeness (QED) is 0.677. The third-order valence-electron chi connectivity index (χ3n) is 10.2. The van der Waals surface area contributed by atoms with Crippen molar-refractivity contribution in [1.29, 1.82) is 0 Å². The lowest BCUT2D eigenvalue weighted by atomic mass is 9.43. The molecule has 0 aromatic carbocycles. The minimum atomic E-state index is -0.486. The molecular formula is C25H44O3. The van der Waals surface area contributed by atoms with E-state index in [0.717, 1.165) is 56.7 Å². The monoisotopic (exact) mass is 392 g/mol. The predicted octanol–water partition coefficient (Wildman–Crippen LogP) is 5.18. The molecule has 9 atom stereocenters. The summed E-state index contributed by atoms with van der Waals surface area (Å²) >= 11 is 0. The molecule has 0 bridgehead atoms. The van der Waals surface area contributed by atoms with Crippen molar-refractivity contribution in [3.8, 4) is 0 Å². The summed E-state index contributed by atoms with van der Waals surface area (Å²) in [6.45, 7) is 10.5. The maximum absolute atomic E-state index is 10.8. The molecule has 4 rings (SSSR count). The second-order valence-corrected chi connectivity index (χ2v) is 11.4. The van der Waals surface area contributed by atoms with Gasteiger partial charge in [0, 0.05) is 6.61 Å². The Bertz CT molecular complexity index is 560. The van der Waals surface area contributed by atoms with Gasteiger partial charge < -0.3 is 14.9 Å². The molecule has 0 heterocycles. The minimum Gasteiger partial charge on any atom is -0.393 e. The van der Waals surface area contributed by atoms with Crippen LogP contribution in [0.2, 0.25) is 0 Å². The normalized spacial score (nSPS) is 51.9. The maximum Gasteiger partial charge on any atom is 0.0622 e. The van der Waals surface area contributed by atoms with Gasteiger partial charge in [0.25, 0.3) is 0 Å². The predicted molar refractivity (Wildman–Crippen MR) is 113 cm³/mol. The van der Waals surface area contributed by atoms with E-state index in [0.29, 0.717) is 17.3 Å². The Kier molecular flexibility index (Phi) is 5.69. The summed E-state index contributed by atoms with van der Waals surface area (Å²) in [5.74, 6) is 3.44. The molecule has 0 saturated heterocycles. The molecule has 4 fully saturated rings. The highest BCUT2D eigenvalue weighted by atomic mass is 16.5. The highest BCUT2D eigenvalue weighted by Crippen LogP contribution is 2.68. The van der Waals surface area contributed by atoms with Crippen molar-refractivity contribution in [2.45, 2.75) is 104 Å². The molecule has 0 amide bonds. The van der Waals surface area contributed by atoms with Crippen LogP contribution in [-0.2, 0) is 4.74 Å². The van der Waals surface area contributed by atoms with Crippen molar-refractivity contribution >= 4 is 0 Å². The van der Waals surface area contributed by atoms with E-state index >= 15 is 0 Å². The molecule has 2 N–H and O–H groups in total. The van der Waals surface area contributed by atoms with E-state index in [4.69, 9.17) is 4.74 Å². The molecule has 162 valence electrons. The topological polar surface area (TPSA) is 49.7 Å². The number of aliphatic hydroxyl groups is 2. The van der Waals surface area contributed by atoms with Crippen molar-refractivity contribution in [2.24, 2.45) is 40.4 Å². The average molecular weight is 393 g/mol. The van der Waals surface area contributed by atoms with Crippen LogP contribution in [0, 0.1) is 40.4 Å². The second-order valence-electron chi connectivity index (χ2n) is 11.4. The number of rotatable bonds is 5. The van der Waals surface area contributed by atoms with E-state index < -0.39 is 5.60 Å². The van der Waals surface area contributed by atoms with E-state index in [9.17, 15) is 10.2 Å². The van der Waals surface area contributed by atoms with Gasteiger partial charge in [-0.3, -0.25) is 0 Å². The van der Waals surface area contributed by atoms with Crippen LogP contribution in [0.15, 0.2) is 0 Å². The van der Waals surface area contributed by atoms with Gasteiger partial charge in [0.2, 0.25) is 0 Å². The number of fused-ring (bicyclic) bond motifs is 5. The van der Waals surface area contributed by atoms with Gasteiger partial charge in [-0.2, -0.15) is 0 Å². The van der Waals surface area contributed by atoms with Gasteiger partial charge in [-0.05, 0) is 118 Å². The smallest absolute Gasteiger partial charge is 0.0622 e. The molecule has 28 heavy (non-hydrogen) atoms. The van der Waals surface area contributed by atoms with Crippen molar-refractivity contribution < 1.29 is 14.9 Å². The fraction of sp³-hybridized carbons (Fsp3) is 1.00. The van der Waals surface area contributed by atoms with Gasteiger partial charge in [-0.15, -0.1) is 0 Å². The summed E-state index contributed by atoms with van der Waals surface area (Å²) in [6, 6.07) is 0. The van der Waals surface area contributed by atoms with Crippen LogP contribution in [0.25, 0.3) is 0 Å². The molecule has 4 aliphatic rings. The van der Waals surface area contributed by atoms with Gasteiger partial charge in [0.05, 0.1) is 18.3 Å². The SMILES string of the molecule is CCOC[C@]12CC[C@@](C)(O)C[C@H]1CC[C@H]1[C@@H]3CC[C@H](C(O)CC)[C@@]3(C)CC[C@@H]12. The van der Waals surface area contributed by atoms with Crippen LogP contribution >= 0.6 is 0 Å². The van der Waals surface area contributed by atoms with Gasteiger partial charge in [-0.25, -0.2) is 0 Å². The number of ether oxygens (including phenoxy) is 1. The first kappa shape index (κ1) is 21.1. The molecule has 3 nitrogen and oxygen atoms in total. The minimum absolute atomic E-state index is 0.120. The van der Waals surface area contributed by atoms with Crippen molar-refractivity contribution in [2.75, 3.05) is 13.2 Å². The fourth-order valence-corrected chi connectivity index (χ4v) is 8.76. The first-order chi connectivity index (χ1) is 13.3. The van der Waals surface area contributed by atoms with E-state index in [1.807, 2.05) is 0 Å². The molecule has 0 spiro atoms.